The average molecular weight is 379 g/mol. The van der Waals surface area contributed by atoms with E-state index in [-0.39, 0.29) is 0 Å². The van der Waals surface area contributed by atoms with Crippen LogP contribution in [0.1, 0.15) is 6.92 Å². The van der Waals surface area contributed by atoms with E-state index in [4.69, 9.17) is 25.8 Å². The standard InChI is InChI=1S/C18H23ClN4O3/c1-4-20-18(21-9-10-26-17-8-5-13(19)12-22-17)23-14-6-7-15(24-2)16(11-14)25-3/h5-8,11-12H,4,9-10H2,1-3H3,(H2,20,21,23). The number of ether oxygens (including phenoxy) is 3. The molecule has 0 bridgehead atoms. The molecule has 0 aliphatic heterocycles. The lowest BCUT2D eigenvalue weighted by Crippen LogP contribution is -2.31. The molecule has 0 radical (unpaired) electrons. The Hall–Kier alpha value is -2.67. The predicted octanol–water partition coefficient (Wildman–Crippen LogP) is 3.21. The summed E-state index contributed by atoms with van der Waals surface area (Å²) in [5.74, 6) is 2.48. The van der Waals surface area contributed by atoms with Gasteiger partial charge in [-0.05, 0) is 25.1 Å². The third-order valence-corrected chi connectivity index (χ3v) is 3.53. The molecular formula is C18H23ClN4O3. The molecule has 0 amide bonds. The number of hydrogen-bond acceptors (Lipinski definition) is 5. The topological polar surface area (TPSA) is 77.0 Å². The summed E-state index contributed by atoms with van der Waals surface area (Å²) >= 11 is 5.79. The lowest BCUT2D eigenvalue weighted by atomic mass is 10.3. The second kappa shape index (κ2) is 10.4. The molecule has 0 saturated heterocycles. The Labute approximate surface area is 158 Å². The maximum atomic E-state index is 5.79. The molecule has 1 aromatic heterocycles. The van der Waals surface area contributed by atoms with E-state index in [0.717, 1.165) is 12.2 Å². The minimum atomic E-state index is 0.400. The van der Waals surface area contributed by atoms with Gasteiger partial charge in [0.1, 0.15) is 6.61 Å². The quantitative estimate of drug-likeness (QED) is 0.417. The third-order valence-electron chi connectivity index (χ3n) is 3.30. The van der Waals surface area contributed by atoms with Crippen molar-refractivity contribution in [3.63, 3.8) is 0 Å². The Morgan fingerprint density at radius 1 is 1.15 bits per heavy atom. The van der Waals surface area contributed by atoms with Gasteiger partial charge in [-0.25, -0.2) is 9.98 Å². The number of halogens is 1. The molecule has 2 N–H and O–H groups in total. The van der Waals surface area contributed by atoms with Crippen LogP contribution in [0.5, 0.6) is 17.4 Å². The van der Waals surface area contributed by atoms with Crippen molar-refractivity contribution < 1.29 is 14.2 Å². The van der Waals surface area contributed by atoms with Gasteiger partial charge < -0.3 is 24.8 Å². The van der Waals surface area contributed by atoms with Crippen LogP contribution in [0.15, 0.2) is 41.5 Å². The van der Waals surface area contributed by atoms with Gasteiger partial charge in [0.15, 0.2) is 17.5 Å². The van der Waals surface area contributed by atoms with Crippen molar-refractivity contribution in [2.75, 3.05) is 39.2 Å². The molecule has 0 atom stereocenters. The highest BCUT2D eigenvalue weighted by Crippen LogP contribution is 2.29. The fourth-order valence-corrected chi connectivity index (χ4v) is 2.22. The number of guanidine groups is 1. The Balaban J connectivity index is 1.94. The van der Waals surface area contributed by atoms with Crippen LogP contribution in [0.2, 0.25) is 5.02 Å². The molecule has 0 saturated carbocycles. The monoisotopic (exact) mass is 378 g/mol. The first-order chi connectivity index (χ1) is 12.7. The van der Waals surface area contributed by atoms with Gasteiger partial charge >= 0.3 is 0 Å². The van der Waals surface area contributed by atoms with Gasteiger partial charge in [-0.3, -0.25) is 0 Å². The highest BCUT2D eigenvalue weighted by Gasteiger charge is 2.06. The molecule has 0 unspecified atom stereocenters. The number of methoxy groups -OCH3 is 2. The van der Waals surface area contributed by atoms with Gasteiger partial charge in [-0.15, -0.1) is 0 Å². The van der Waals surface area contributed by atoms with Crippen LogP contribution in [0.3, 0.4) is 0 Å². The molecule has 0 spiro atoms. The molecule has 7 nitrogen and oxygen atoms in total. The summed E-state index contributed by atoms with van der Waals surface area (Å²) in [4.78, 5) is 8.56. The van der Waals surface area contributed by atoms with E-state index in [9.17, 15) is 0 Å². The molecule has 1 aromatic carbocycles. The molecule has 26 heavy (non-hydrogen) atoms. The van der Waals surface area contributed by atoms with E-state index in [1.54, 1.807) is 32.5 Å². The van der Waals surface area contributed by atoms with Crippen molar-refractivity contribution in [2.45, 2.75) is 6.92 Å². The molecule has 0 aliphatic rings. The number of anilines is 1. The van der Waals surface area contributed by atoms with E-state index in [1.165, 1.54) is 0 Å². The molecule has 1 heterocycles. The molecule has 8 heteroatoms. The van der Waals surface area contributed by atoms with Gasteiger partial charge in [-0.2, -0.15) is 0 Å². The van der Waals surface area contributed by atoms with Crippen molar-refractivity contribution in [1.29, 1.82) is 0 Å². The summed E-state index contributed by atoms with van der Waals surface area (Å²) in [5.41, 5.74) is 0.836. The van der Waals surface area contributed by atoms with E-state index in [1.807, 2.05) is 25.1 Å². The lowest BCUT2D eigenvalue weighted by molar-refractivity contribution is 0.316. The number of rotatable bonds is 8. The SMILES string of the molecule is CCNC(=NCCOc1ccc(Cl)cn1)Nc1ccc(OC)c(OC)c1. The third kappa shape index (κ3) is 6.00. The van der Waals surface area contributed by atoms with Crippen LogP contribution < -0.4 is 24.8 Å². The van der Waals surface area contributed by atoms with Crippen molar-refractivity contribution >= 4 is 23.2 Å². The fraction of sp³-hybridized carbons (Fsp3) is 0.333. The smallest absolute Gasteiger partial charge is 0.213 e. The highest BCUT2D eigenvalue weighted by atomic mass is 35.5. The largest absolute Gasteiger partial charge is 0.493 e. The lowest BCUT2D eigenvalue weighted by Gasteiger charge is -2.14. The van der Waals surface area contributed by atoms with Crippen LogP contribution in [0.4, 0.5) is 5.69 Å². The number of aliphatic imine (C=N–C) groups is 1. The van der Waals surface area contributed by atoms with Crippen molar-refractivity contribution in [1.82, 2.24) is 10.3 Å². The molecule has 0 aliphatic carbocycles. The first-order valence-corrected chi connectivity index (χ1v) is 8.55. The first-order valence-electron chi connectivity index (χ1n) is 8.18. The second-order valence-corrected chi connectivity index (χ2v) is 5.55. The van der Waals surface area contributed by atoms with Crippen molar-refractivity contribution in [3.05, 3.63) is 41.6 Å². The van der Waals surface area contributed by atoms with Gasteiger partial charge in [0, 0.05) is 30.6 Å². The van der Waals surface area contributed by atoms with E-state index < -0.39 is 0 Å². The zero-order valence-corrected chi connectivity index (χ0v) is 15.8. The predicted molar refractivity (Wildman–Crippen MR) is 104 cm³/mol. The number of nitrogens with one attached hydrogen (secondary N) is 2. The minimum absolute atomic E-state index is 0.400. The summed E-state index contributed by atoms with van der Waals surface area (Å²) in [5, 5.41) is 6.98. The van der Waals surface area contributed by atoms with Gasteiger partial charge in [-0.1, -0.05) is 11.6 Å². The number of hydrogen-bond donors (Lipinski definition) is 2. The van der Waals surface area contributed by atoms with Crippen LogP contribution in [0, 0.1) is 0 Å². The average Bonchev–Trinajstić information content (AvgIpc) is 2.66. The zero-order chi connectivity index (χ0) is 18.8. The fourth-order valence-electron chi connectivity index (χ4n) is 2.11. The summed E-state index contributed by atoms with van der Waals surface area (Å²) in [6, 6.07) is 9.02. The molecule has 2 rings (SSSR count). The molecular weight excluding hydrogens is 356 g/mol. The number of benzene rings is 1. The van der Waals surface area contributed by atoms with Crippen LogP contribution in [0.25, 0.3) is 0 Å². The summed E-state index contributed by atoms with van der Waals surface area (Å²) in [6.45, 7) is 3.60. The number of nitrogens with zero attached hydrogens (tertiary/aromatic N) is 2. The highest BCUT2D eigenvalue weighted by molar-refractivity contribution is 6.30. The van der Waals surface area contributed by atoms with Gasteiger partial charge in [0.05, 0.1) is 25.8 Å². The summed E-state index contributed by atoms with van der Waals surface area (Å²) in [7, 11) is 3.20. The van der Waals surface area contributed by atoms with Crippen molar-refractivity contribution in [3.8, 4) is 17.4 Å². The maximum Gasteiger partial charge on any atom is 0.213 e. The normalized spacial score (nSPS) is 11.0. The molecule has 2 aromatic rings. The summed E-state index contributed by atoms with van der Waals surface area (Å²) in [6.07, 6.45) is 1.54. The van der Waals surface area contributed by atoms with Gasteiger partial charge in [0.25, 0.3) is 0 Å². The first kappa shape index (κ1) is 19.7. The Kier molecular flexibility index (Phi) is 7.82. The summed E-state index contributed by atoms with van der Waals surface area (Å²) < 4.78 is 16.1. The van der Waals surface area contributed by atoms with Crippen LogP contribution >= 0.6 is 11.6 Å². The second-order valence-electron chi connectivity index (χ2n) is 5.12. The van der Waals surface area contributed by atoms with Crippen LogP contribution in [-0.4, -0.2) is 44.9 Å². The molecule has 0 fully saturated rings. The van der Waals surface area contributed by atoms with Gasteiger partial charge in [0.2, 0.25) is 5.88 Å². The zero-order valence-electron chi connectivity index (χ0n) is 15.1. The maximum absolute atomic E-state index is 5.79. The van der Waals surface area contributed by atoms with Crippen LogP contribution in [-0.2, 0) is 0 Å². The van der Waals surface area contributed by atoms with E-state index >= 15 is 0 Å². The van der Waals surface area contributed by atoms with E-state index in [0.29, 0.717) is 41.5 Å². The molecule has 140 valence electrons. The van der Waals surface area contributed by atoms with E-state index in [2.05, 4.69) is 20.6 Å². The Bertz CT molecular complexity index is 723. The number of aromatic nitrogens is 1. The van der Waals surface area contributed by atoms with Crippen molar-refractivity contribution in [2.24, 2.45) is 4.99 Å². The number of pyridine rings is 1. The Morgan fingerprint density at radius 2 is 1.96 bits per heavy atom. The Morgan fingerprint density at radius 3 is 2.62 bits per heavy atom. The minimum Gasteiger partial charge on any atom is -0.493 e.